The molecule has 3 heterocycles. The van der Waals surface area contributed by atoms with Gasteiger partial charge in [-0.2, -0.15) is 10.4 Å². The number of rotatable bonds is 8. The van der Waals surface area contributed by atoms with E-state index in [2.05, 4.69) is 90.4 Å². The highest BCUT2D eigenvalue weighted by Gasteiger charge is 2.53. The first-order valence-electron chi connectivity index (χ1n) is 13.6. The van der Waals surface area contributed by atoms with Crippen LogP contribution in [0.25, 0.3) is 5.52 Å². The van der Waals surface area contributed by atoms with E-state index in [1.165, 1.54) is 16.7 Å². The summed E-state index contributed by atoms with van der Waals surface area (Å²) in [6.07, 6.45) is 4.16. The van der Waals surface area contributed by atoms with Crippen molar-refractivity contribution in [2.24, 2.45) is 4.99 Å². The molecule has 0 N–H and O–H groups in total. The lowest BCUT2D eigenvalue weighted by molar-refractivity contribution is -0.0346. The summed E-state index contributed by atoms with van der Waals surface area (Å²) in [5.74, 6) is 0.578. The number of hydrogen-bond donors (Lipinski definition) is 0. The van der Waals surface area contributed by atoms with Crippen LogP contribution in [0.1, 0.15) is 45.4 Å². The van der Waals surface area contributed by atoms with Gasteiger partial charge in [-0.1, -0.05) is 81.4 Å². The molecule has 40 heavy (non-hydrogen) atoms. The molecule has 2 aromatic carbocycles. The molecule has 0 bridgehead atoms. The van der Waals surface area contributed by atoms with E-state index in [0.717, 1.165) is 11.2 Å². The largest absolute Gasteiger partial charge is 0.403 e. The maximum atomic E-state index is 10.5. The van der Waals surface area contributed by atoms with E-state index in [9.17, 15) is 5.26 Å². The first-order chi connectivity index (χ1) is 19.2. The van der Waals surface area contributed by atoms with E-state index >= 15 is 0 Å². The fourth-order valence-corrected chi connectivity index (χ4v) is 10.2. The molecule has 206 valence electrons. The van der Waals surface area contributed by atoms with Crippen molar-refractivity contribution in [2.75, 3.05) is 20.7 Å². The summed E-state index contributed by atoms with van der Waals surface area (Å²) in [7, 11) is 1.01. The van der Waals surface area contributed by atoms with Gasteiger partial charge < -0.3 is 14.1 Å². The molecular weight excluding hydrogens is 516 g/mol. The fraction of sp³-hybridized carbons (Fsp3) is 0.355. The van der Waals surface area contributed by atoms with E-state index in [4.69, 9.17) is 9.16 Å². The summed E-state index contributed by atoms with van der Waals surface area (Å²) < 4.78 is 15.5. The zero-order chi connectivity index (χ0) is 28.4. The molecule has 9 heteroatoms. The van der Waals surface area contributed by atoms with Crippen molar-refractivity contribution in [2.45, 2.75) is 50.4 Å². The van der Waals surface area contributed by atoms with Crippen molar-refractivity contribution < 1.29 is 9.16 Å². The number of nitriles is 1. The molecule has 0 spiro atoms. The number of hydrogen-bond acceptors (Lipinski definition) is 6. The summed E-state index contributed by atoms with van der Waals surface area (Å²) in [5.41, 5.74) is 0.597. The molecule has 2 atom stereocenters. The van der Waals surface area contributed by atoms with Crippen molar-refractivity contribution >= 4 is 36.4 Å². The van der Waals surface area contributed by atoms with Gasteiger partial charge in [-0.3, -0.25) is 0 Å². The number of fused-ring (bicyclic) bond motifs is 1. The van der Waals surface area contributed by atoms with Crippen LogP contribution in [0, 0.1) is 11.3 Å². The number of aliphatic imine (C=N–C) groups is 1. The average Bonchev–Trinajstić information content (AvgIpc) is 3.58. The first kappa shape index (κ1) is 27.7. The van der Waals surface area contributed by atoms with Gasteiger partial charge in [0.15, 0.2) is 11.4 Å². The van der Waals surface area contributed by atoms with Gasteiger partial charge >= 0.3 is 0 Å². The summed E-state index contributed by atoms with van der Waals surface area (Å²) in [5, 5.41) is 17.1. The van der Waals surface area contributed by atoms with Crippen LogP contribution in [0.5, 0.6) is 0 Å². The van der Waals surface area contributed by atoms with Crippen LogP contribution in [0.4, 0.5) is 5.82 Å². The molecule has 8 nitrogen and oxygen atoms in total. The standard InChI is InChI=1S/C31H36N6O2Si/c1-30(2,3)40(24-12-8-6-9-13-24,25-14-10-7-11-15-25)38-21-31(20-32)19-18-28(39-31)26-16-17-27-29(34-23-36(4)5)33-22-35-37(26)27/h6-17,22-23,28H,18-19,21H2,1-5H3/b34-23+/t28-,31+/m0/s1. The summed E-state index contributed by atoms with van der Waals surface area (Å²) in [4.78, 5) is 10.7. The zero-order valence-corrected chi connectivity index (χ0v) is 24.8. The molecule has 0 amide bonds. The predicted molar refractivity (Wildman–Crippen MR) is 160 cm³/mol. The highest BCUT2D eigenvalue weighted by molar-refractivity contribution is 6.99. The minimum absolute atomic E-state index is 0.184. The molecule has 5 rings (SSSR count). The third-order valence-electron chi connectivity index (χ3n) is 7.52. The number of benzene rings is 2. The van der Waals surface area contributed by atoms with Crippen molar-refractivity contribution in [1.82, 2.24) is 19.5 Å². The Morgan fingerprint density at radius 3 is 2.33 bits per heavy atom. The van der Waals surface area contributed by atoms with Crippen molar-refractivity contribution in [3.8, 4) is 6.07 Å². The van der Waals surface area contributed by atoms with Gasteiger partial charge in [0.2, 0.25) is 0 Å². The zero-order valence-electron chi connectivity index (χ0n) is 23.8. The van der Waals surface area contributed by atoms with E-state index in [1.54, 1.807) is 6.34 Å². The van der Waals surface area contributed by atoms with E-state index in [0.29, 0.717) is 18.7 Å². The lowest BCUT2D eigenvalue weighted by Crippen LogP contribution is -2.67. The SMILES string of the molecule is CN(C)/C=N/c1ncnn2c([C@@H]3CC[C@@](C#N)(CO[Si](c4ccccc4)(c4ccccc4)C(C)(C)C)O3)ccc12. The molecule has 4 aromatic rings. The lowest BCUT2D eigenvalue weighted by atomic mass is 10.0. The number of nitrogens with zero attached hydrogens (tertiary/aromatic N) is 6. The molecule has 2 aromatic heterocycles. The Kier molecular flexibility index (Phi) is 7.60. The van der Waals surface area contributed by atoms with Gasteiger partial charge in [0.05, 0.1) is 18.6 Å². The molecule has 1 aliphatic heterocycles. The van der Waals surface area contributed by atoms with Gasteiger partial charge in [-0.05, 0) is 40.4 Å². The maximum Gasteiger partial charge on any atom is 0.261 e. The maximum absolute atomic E-state index is 10.5. The predicted octanol–water partition coefficient (Wildman–Crippen LogP) is 4.64. The normalized spacial score (nSPS) is 19.8. The van der Waals surface area contributed by atoms with Crippen molar-refractivity contribution in [3.05, 3.63) is 84.8 Å². The number of aromatic nitrogens is 3. The van der Waals surface area contributed by atoms with Gasteiger partial charge in [-0.15, -0.1) is 0 Å². The second kappa shape index (κ2) is 11.0. The van der Waals surface area contributed by atoms with Crippen molar-refractivity contribution in [3.63, 3.8) is 0 Å². The third-order valence-corrected chi connectivity index (χ3v) is 12.5. The minimum Gasteiger partial charge on any atom is -0.403 e. The molecule has 0 unspecified atom stereocenters. The Hall–Kier alpha value is -3.84. The highest BCUT2D eigenvalue weighted by Crippen LogP contribution is 2.43. The quantitative estimate of drug-likeness (QED) is 0.180. The second-order valence-corrected chi connectivity index (χ2v) is 15.9. The van der Waals surface area contributed by atoms with Gasteiger partial charge in [0.1, 0.15) is 24.0 Å². The van der Waals surface area contributed by atoms with Gasteiger partial charge in [0, 0.05) is 14.1 Å². The summed E-state index contributed by atoms with van der Waals surface area (Å²) in [6, 6.07) is 27.4. The van der Waals surface area contributed by atoms with Crippen LogP contribution in [0.3, 0.4) is 0 Å². The first-order valence-corrected chi connectivity index (χ1v) is 15.5. The smallest absolute Gasteiger partial charge is 0.261 e. The minimum atomic E-state index is -2.81. The van der Waals surface area contributed by atoms with Crippen LogP contribution in [-0.2, 0) is 9.16 Å². The van der Waals surface area contributed by atoms with Crippen molar-refractivity contribution in [1.29, 1.82) is 5.26 Å². The van der Waals surface area contributed by atoms with E-state index in [1.807, 2.05) is 47.8 Å². The molecule has 0 aliphatic carbocycles. The Labute approximate surface area is 237 Å². The Morgan fingerprint density at radius 2 is 1.75 bits per heavy atom. The van der Waals surface area contributed by atoms with Gasteiger partial charge in [-0.25, -0.2) is 14.5 Å². The number of ether oxygens (including phenoxy) is 1. The Balaban J connectivity index is 1.46. The molecule has 1 saturated heterocycles. The average molecular weight is 553 g/mol. The highest BCUT2D eigenvalue weighted by atomic mass is 28.4. The topological polar surface area (TPSA) is 88.0 Å². The van der Waals surface area contributed by atoms with Crippen LogP contribution in [0.2, 0.25) is 5.04 Å². The van der Waals surface area contributed by atoms with Gasteiger partial charge in [0.25, 0.3) is 8.32 Å². The second-order valence-electron chi connectivity index (χ2n) is 11.6. The monoisotopic (exact) mass is 552 g/mol. The molecular formula is C31H36N6O2Si. The molecule has 0 saturated carbocycles. The van der Waals surface area contributed by atoms with Crippen LogP contribution >= 0.6 is 0 Å². The fourth-order valence-electron chi connectivity index (χ4n) is 5.62. The lowest BCUT2D eigenvalue weighted by Gasteiger charge is -2.44. The van der Waals surface area contributed by atoms with E-state index < -0.39 is 13.9 Å². The van der Waals surface area contributed by atoms with Crippen LogP contribution in [-0.4, -0.2) is 60.5 Å². The van der Waals surface area contributed by atoms with Crippen LogP contribution < -0.4 is 10.4 Å². The molecule has 0 radical (unpaired) electrons. The Morgan fingerprint density at radius 1 is 1.10 bits per heavy atom. The van der Waals surface area contributed by atoms with E-state index in [-0.39, 0.29) is 17.7 Å². The van der Waals surface area contributed by atoms with Crippen LogP contribution in [0.15, 0.2) is 84.1 Å². The summed E-state index contributed by atoms with van der Waals surface area (Å²) in [6.45, 7) is 6.89. The summed E-state index contributed by atoms with van der Waals surface area (Å²) >= 11 is 0. The third kappa shape index (κ3) is 5.06. The molecule has 1 aliphatic rings. The Bertz CT molecular complexity index is 1480. The molecule has 1 fully saturated rings.